The van der Waals surface area contributed by atoms with Crippen LogP contribution in [0.2, 0.25) is 0 Å². The molecule has 1 aliphatic heterocycles. The van der Waals surface area contributed by atoms with Gasteiger partial charge < -0.3 is 10.6 Å². The summed E-state index contributed by atoms with van der Waals surface area (Å²) in [6.07, 6.45) is 4.02. The number of oxime groups is 1. The van der Waals surface area contributed by atoms with Crippen LogP contribution in [0.5, 0.6) is 0 Å². The Bertz CT molecular complexity index is 680. The Labute approximate surface area is 146 Å². The summed E-state index contributed by atoms with van der Waals surface area (Å²) >= 11 is 1.51. The highest BCUT2D eigenvalue weighted by Crippen LogP contribution is 2.40. The van der Waals surface area contributed by atoms with E-state index < -0.39 is 5.91 Å². The Balaban J connectivity index is 1.95. The van der Waals surface area contributed by atoms with Gasteiger partial charge in [0.2, 0.25) is 5.91 Å². The largest absolute Gasteiger partial charge is 0.399 e. The third-order valence-corrected chi connectivity index (χ3v) is 5.43. The number of anilines is 1. The van der Waals surface area contributed by atoms with Crippen LogP contribution in [0.3, 0.4) is 0 Å². The van der Waals surface area contributed by atoms with Crippen LogP contribution in [0, 0.1) is 11.8 Å². The lowest BCUT2D eigenvalue weighted by Crippen LogP contribution is -2.41. The molecule has 1 aromatic rings. The van der Waals surface area contributed by atoms with Gasteiger partial charge in [-0.05, 0) is 37.7 Å². The van der Waals surface area contributed by atoms with E-state index in [1.807, 2.05) is 6.07 Å². The van der Waals surface area contributed by atoms with Crippen LogP contribution in [-0.2, 0) is 4.84 Å². The maximum absolute atomic E-state index is 11.4. The Morgan fingerprint density at radius 3 is 3.00 bits per heavy atom. The molecule has 0 spiro atoms. The molecule has 6 nitrogen and oxygen atoms in total. The lowest BCUT2D eigenvalue weighted by Gasteiger charge is -2.31. The minimum Gasteiger partial charge on any atom is -0.399 e. The fourth-order valence-corrected chi connectivity index (χ4v) is 4.49. The lowest BCUT2D eigenvalue weighted by molar-refractivity contribution is 0.100. The molecule has 2 heterocycles. The molecule has 2 atom stereocenters. The van der Waals surface area contributed by atoms with Crippen molar-refractivity contribution in [2.24, 2.45) is 27.8 Å². The second-order valence-corrected chi connectivity index (χ2v) is 7.66. The summed E-state index contributed by atoms with van der Waals surface area (Å²) < 4.78 is 0. The SMILES string of the molecule is CO/N=C1\CCCC2C1C(CC(C)C)=NN2c1cc(C(N)=O)cs1. The van der Waals surface area contributed by atoms with Crippen LogP contribution >= 0.6 is 11.3 Å². The number of hydrogen-bond donors (Lipinski definition) is 1. The molecule has 2 aliphatic rings. The Morgan fingerprint density at radius 2 is 2.38 bits per heavy atom. The van der Waals surface area contributed by atoms with Crippen LogP contribution < -0.4 is 10.7 Å². The lowest BCUT2D eigenvalue weighted by atomic mass is 9.78. The topological polar surface area (TPSA) is 80.3 Å². The summed E-state index contributed by atoms with van der Waals surface area (Å²) in [6.45, 7) is 4.40. The van der Waals surface area contributed by atoms with E-state index in [9.17, 15) is 4.79 Å². The first-order chi connectivity index (χ1) is 11.5. The quantitative estimate of drug-likeness (QED) is 0.830. The number of carbonyl (C=O) groups is 1. The molecule has 24 heavy (non-hydrogen) atoms. The predicted molar refractivity (Wildman–Crippen MR) is 97.8 cm³/mol. The Hall–Kier alpha value is -1.89. The molecule has 1 aliphatic carbocycles. The summed E-state index contributed by atoms with van der Waals surface area (Å²) in [7, 11) is 1.60. The van der Waals surface area contributed by atoms with Crippen molar-refractivity contribution >= 4 is 33.7 Å². The highest BCUT2D eigenvalue weighted by molar-refractivity contribution is 7.14. The van der Waals surface area contributed by atoms with E-state index in [-0.39, 0.29) is 12.0 Å². The second kappa shape index (κ2) is 6.93. The standard InChI is InChI=1S/C17H24N4O2S/c1-10(2)7-13-16-12(20-23-3)5-4-6-14(16)21(19-13)15-8-11(9-24-15)17(18)22/h8-10,14,16H,4-7H2,1-3H3,(H2,18,22)/b20-12+. The number of nitrogens with zero attached hydrogens (tertiary/aromatic N) is 3. The highest BCUT2D eigenvalue weighted by Gasteiger charge is 2.43. The highest BCUT2D eigenvalue weighted by atomic mass is 32.1. The summed E-state index contributed by atoms with van der Waals surface area (Å²) in [5, 5.41) is 14.0. The molecule has 3 rings (SSSR count). The van der Waals surface area contributed by atoms with Gasteiger partial charge in [-0.1, -0.05) is 19.0 Å². The zero-order chi connectivity index (χ0) is 17.3. The van der Waals surface area contributed by atoms with Gasteiger partial charge in [0.15, 0.2) is 0 Å². The third-order valence-electron chi connectivity index (χ3n) is 4.51. The van der Waals surface area contributed by atoms with Gasteiger partial charge in [-0.25, -0.2) is 0 Å². The summed E-state index contributed by atoms with van der Waals surface area (Å²) in [5.74, 6) is 0.338. The van der Waals surface area contributed by atoms with Crippen LogP contribution in [0.25, 0.3) is 0 Å². The Morgan fingerprint density at radius 1 is 1.58 bits per heavy atom. The molecule has 130 valence electrons. The van der Waals surface area contributed by atoms with Gasteiger partial charge in [-0.3, -0.25) is 9.80 Å². The zero-order valence-corrected chi connectivity index (χ0v) is 15.2. The number of primary amides is 1. The van der Waals surface area contributed by atoms with Crippen LogP contribution in [0.15, 0.2) is 21.7 Å². The predicted octanol–water partition coefficient (Wildman–Crippen LogP) is 3.24. The van der Waals surface area contributed by atoms with Gasteiger partial charge >= 0.3 is 0 Å². The van der Waals surface area contributed by atoms with E-state index in [0.29, 0.717) is 11.5 Å². The van der Waals surface area contributed by atoms with Crippen molar-refractivity contribution in [3.63, 3.8) is 0 Å². The molecule has 0 radical (unpaired) electrons. The van der Waals surface area contributed by atoms with Gasteiger partial charge in [0.25, 0.3) is 0 Å². The molecule has 0 aromatic carbocycles. The van der Waals surface area contributed by atoms with E-state index in [0.717, 1.165) is 36.4 Å². The molecular weight excluding hydrogens is 324 g/mol. The van der Waals surface area contributed by atoms with Crippen molar-refractivity contribution in [2.75, 3.05) is 12.1 Å². The van der Waals surface area contributed by atoms with Crippen LogP contribution in [0.4, 0.5) is 5.00 Å². The summed E-state index contributed by atoms with van der Waals surface area (Å²) in [5.41, 5.74) is 8.18. The number of nitrogens with two attached hydrogens (primary N) is 1. The zero-order valence-electron chi connectivity index (χ0n) is 14.4. The molecule has 2 unspecified atom stereocenters. The first kappa shape index (κ1) is 17.0. The average Bonchev–Trinajstić information content (AvgIpc) is 3.13. The molecule has 2 N–H and O–H groups in total. The monoisotopic (exact) mass is 348 g/mol. The molecular formula is C17H24N4O2S. The van der Waals surface area contributed by atoms with Crippen molar-refractivity contribution in [1.29, 1.82) is 0 Å². The van der Waals surface area contributed by atoms with Gasteiger partial charge in [0.05, 0.1) is 23.2 Å². The van der Waals surface area contributed by atoms with Crippen molar-refractivity contribution in [2.45, 2.75) is 45.6 Å². The maximum Gasteiger partial charge on any atom is 0.249 e. The second-order valence-electron chi connectivity index (χ2n) is 6.77. The molecule has 0 saturated heterocycles. The number of hydrogen-bond acceptors (Lipinski definition) is 6. The molecule has 1 saturated carbocycles. The fraction of sp³-hybridized carbons (Fsp3) is 0.588. The maximum atomic E-state index is 11.4. The van der Waals surface area contributed by atoms with Crippen LogP contribution in [-0.4, -0.2) is 30.5 Å². The molecule has 1 fully saturated rings. The number of rotatable bonds is 5. The van der Waals surface area contributed by atoms with Crippen molar-refractivity contribution < 1.29 is 9.63 Å². The minimum absolute atomic E-state index is 0.209. The number of hydrazone groups is 1. The van der Waals surface area contributed by atoms with Crippen molar-refractivity contribution in [3.8, 4) is 0 Å². The fourth-order valence-electron chi connectivity index (χ4n) is 3.58. The number of fused-ring (bicyclic) bond motifs is 1. The van der Waals surface area contributed by atoms with E-state index in [2.05, 4.69) is 24.0 Å². The molecule has 0 bridgehead atoms. The number of carbonyl (C=O) groups excluding carboxylic acids is 1. The minimum atomic E-state index is -0.398. The summed E-state index contributed by atoms with van der Waals surface area (Å²) in [4.78, 5) is 16.5. The van der Waals surface area contributed by atoms with Crippen molar-refractivity contribution in [1.82, 2.24) is 0 Å². The number of thiophene rings is 1. The third kappa shape index (κ3) is 3.17. The number of amides is 1. The normalized spacial score (nSPS) is 25.1. The van der Waals surface area contributed by atoms with E-state index in [1.165, 1.54) is 17.0 Å². The first-order valence-electron chi connectivity index (χ1n) is 8.36. The first-order valence-corrected chi connectivity index (χ1v) is 9.24. The van der Waals surface area contributed by atoms with Gasteiger partial charge in [-0.2, -0.15) is 5.10 Å². The smallest absolute Gasteiger partial charge is 0.249 e. The van der Waals surface area contributed by atoms with E-state index in [1.54, 1.807) is 12.5 Å². The van der Waals surface area contributed by atoms with Gasteiger partial charge in [-0.15, -0.1) is 11.3 Å². The molecule has 1 aromatic heterocycles. The van der Waals surface area contributed by atoms with E-state index in [4.69, 9.17) is 15.7 Å². The van der Waals surface area contributed by atoms with Crippen molar-refractivity contribution in [3.05, 3.63) is 17.0 Å². The van der Waals surface area contributed by atoms with Crippen LogP contribution in [0.1, 0.15) is 49.9 Å². The molecule has 7 heteroatoms. The van der Waals surface area contributed by atoms with Gasteiger partial charge in [0, 0.05) is 11.1 Å². The summed E-state index contributed by atoms with van der Waals surface area (Å²) in [6, 6.07) is 2.09. The van der Waals surface area contributed by atoms with Gasteiger partial charge in [0.1, 0.15) is 12.1 Å². The average molecular weight is 348 g/mol. The molecule has 1 amide bonds. The Kier molecular flexibility index (Phi) is 4.89. The van der Waals surface area contributed by atoms with E-state index >= 15 is 0 Å².